The van der Waals surface area contributed by atoms with Gasteiger partial charge in [-0.05, 0) is 64.2 Å². The van der Waals surface area contributed by atoms with Crippen LogP contribution in [-0.2, 0) is 6.42 Å². The van der Waals surface area contributed by atoms with Gasteiger partial charge in [-0.15, -0.1) is 0 Å². The highest BCUT2D eigenvalue weighted by atomic mass is 79.9. The molecule has 0 radical (unpaired) electrons. The molecule has 0 fully saturated rings. The lowest BCUT2D eigenvalue weighted by Crippen LogP contribution is -2.08. The molecule has 3 N–H and O–H groups in total. The molecule has 0 amide bonds. The molecule has 92 valence electrons. The lowest BCUT2D eigenvalue weighted by Gasteiger charge is -2.14. The summed E-state index contributed by atoms with van der Waals surface area (Å²) in [5.74, 6) is 0.910. The van der Waals surface area contributed by atoms with E-state index in [4.69, 9.17) is 5.73 Å². The molecule has 1 aromatic carbocycles. The Balaban J connectivity index is 1.82. The number of hydrogen-bond donors (Lipinski definition) is 2. The normalized spacial score (nSPS) is 17.5. The fourth-order valence-corrected chi connectivity index (χ4v) is 2.66. The molecule has 1 aliphatic rings. The molecular weight excluding hydrogens is 290 g/mol. The van der Waals surface area contributed by atoms with Crippen molar-refractivity contribution in [3.05, 3.63) is 52.1 Å². The van der Waals surface area contributed by atoms with Crippen molar-refractivity contribution in [2.24, 2.45) is 0 Å². The van der Waals surface area contributed by atoms with Crippen molar-refractivity contribution in [2.75, 3.05) is 11.1 Å². The van der Waals surface area contributed by atoms with Crippen molar-refractivity contribution in [3.63, 3.8) is 0 Å². The van der Waals surface area contributed by atoms with Crippen LogP contribution in [0.1, 0.15) is 23.6 Å². The van der Waals surface area contributed by atoms with Crippen molar-refractivity contribution < 1.29 is 0 Å². The average molecular weight is 304 g/mol. The van der Waals surface area contributed by atoms with Crippen molar-refractivity contribution in [2.45, 2.75) is 18.9 Å². The summed E-state index contributed by atoms with van der Waals surface area (Å²) in [6.07, 6.45) is 3.98. The Labute approximate surface area is 115 Å². The standard InChI is InChI=1S/C14H14BrN3/c15-10-2-6-14(17-8-10)18-13-5-1-9-7-11(16)3-4-12(9)13/h2-4,6-8,13H,1,5,16H2,(H,17,18). The summed E-state index contributed by atoms with van der Waals surface area (Å²) in [5, 5.41) is 3.47. The van der Waals surface area contributed by atoms with E-state index in [0.717, 1.165) is 28.8 Å². The fraction of sp³-hybridized carbons (Fsp3) is 0.214. The van der Waals surface area contributed by atoms with Gasteiger partial charge in [-0.2, -0.15) is 0 Å². The summed E-state index contributed by atoms with van der Waals surface area (Å²) in [7, 11) is 0. The number of aryl methyl sites for hydroxylation is 1. The number of aromatic nitrogens is 1. The minimum absolute atomic E-state index is 0.342. The number of hydrogen-bond acceptors (Lipinski definition) is 3. The van der Waals surface area contributed by atoms with Crippen LogP contribution in [0, 0.1) is 0 Å². The van der Waals surface area contributed by atoms with Gasteiger partial charge in [0.25, 0.3) is 0 Å². The Kier molecular flexibility index (Phi) is 2.96. The van der Waals surface area contributed by atoms with E-state index in [0.29, 0.717) is 6.04 Å². The molecule has 1 aliphatic carbocycles. The van der Waals surface area contributed by atoms with Gasteiger partial charge < -0.3 is 11.1 Å². The van der Waals surface area contributed by atoms with E-state index in [1.165, 1.54) is 11.1 Å². The summed E-state index contributed by atoms with van der Waals surface area (Å²) in [6.45, 7) is 0. The van der Waals surface area contributed by atoms with Crippen molar-refractivity contribution in [1.82, 2.24) is 4.98 Å². The number of nitrogens with one attached hydrogen (secondary N) is 1. The average Bonchev–Trinajstić information content (AvgIpc) is 2.74. The largest absolute Gasteiger partial charge is 0.399 e. The molecular formula is C14H14BrN3. The third kappa shape index (κ3) is 2.20. The van der Waals surface area contributed by atoms with Crippen LogP contribution in [0.5, 0.6) is 0 Å². The Morgan fingerprint density at radius 3 is 2.94 bits per heavy atom. The summed E-state index contributed by atoms with van der Waals surface area (Å²) in [5.41, 5.74) is 9.34. The molecule has 0 bridgehead atoms. The van der Waals surface area contributed by atoms with E-state index >= 15 is 0 Å². The van der Waals surface area contributed by atoms with Gasteiger partial charge in [0.1, 0.15) is 5.82 Å². The smallest absolute Gasteiger partial charge is 0.126 e. The zero-order valence-electron chi connectivity index (χ0n) is 9.86. The van der Waals surface area contributed by atoms with E-state index in [2.05, 4.69) is 38.4 Å². The first-order chi connectivity index (χ1) is 8.72. The number of nitrogens with two attached hydrogens (primary N) is 1. The highest BCUT2D eigenvalue weighted by Crippen LogP contribution is 2.34. The van der Waals surface area contributed by atoms with Crippen LogP contribution >= 0.6 is 15.9 Å². The van der Waals surface area contributed by atoms with Gasteiger partial charge in [0, 0.05) is 16.4 Å². The quantitative estimate of drug-likeness (QED) is 0.835. The summed E-state index contributed by atoms with van der Waals surface area (Å²) < 4.78 is 0.993. The molecule has 3 nitrogen and oxygen atoms in total. The van der Waals surface area contributed by atoms with Gasteiger partial charge in [-0.1, -0.05) is 6.07 Å². The van der Waals surface area contributed by atoms with Gasteiger partial charge in [-0.3, -0.25) is 0 Å². The lowest BCUT2D eigenvalue weighted by molar-refractivity contribution is 0.757. The van der Waals surface area contributed by atoms with E-state index in [1.54, 1.807) is 6.20 Å². The molecule has 1 heterocycles. The Morgan fingerprint density at radius 1 is 1.28 bits per heavy atom. The first-order valence-electron chi connectivity index (χ1n) is 5.99. The highest BCUT2D eigenvalue weighted by Gasteiger charge is 2.22. The van der Waals surface area contributed by atoms with Crippen LogP contribution in [-0.4, -0.2) is 4.98 Å². The lowest BCUT2D eigenvalue weighted by atomic mass is 10.1. The van der Waals surface area contributed by atoms with Gasteiger partial charge in [0.2, 0.25) is 0 Å². The molecule has 1 unspecified atom stereocenters. The van der Waals surface area contributed by atoms with Crippen LogP contribution in [0.25, 0.3) is 0 Å². The predicted octanol–water partition coefficient (Wildman–Crippen LogP) is 3.53. The number of pyridine rings is 1. The number of fused-ring (bicyclic) bond motifs is 1. The van der Waals surface area contributed by atoms with Crippen molar-refractivity contribution >= 4 is 27.4 Å². The first kappa shape index (κ1) is 11.5. The maximum atomic E-state index is 5.81. The number of nitrogen functional groups attached to an aromatic ring is 1. The van der Waals surface area contributed by atoms with Crippen molar-refractivity contribution in [3.8, 4) is 0 Å². The molecule has 3 rings (SSSR count). The molecule has 1 atom stereocenters. The molecule has 0 saturated carbocycles. The Bertz CT molecular complexity index is 566. The molecule has 4 heteroatoms. The van der Waals surface area contributed by atoms with E-state index in [9.17, 15) is 0 Å². The maximum Gasteiger partial charge on any atom is 0.126 e. The number of nitrogens with zero attached hydrogens (tertiary/aromatic N) is 1. The third-order valence-corrected chi connectivity index (χ3v) is 3.76. The van der Waals surface area contributed by atoms with Gasteiger partial charge in [-0.25, -0.2) is 4.98 Å². The van der Waals surface area contributed by atoms with E-state index in [-0.39, 0.29) is 0 Å². The number of halogens is 1. The number of rotatable bonds is 2. The monoisotopic (exact) mass is 303 g/mol. The second kappa shape index (κ2) is 4.61. The maximum absolute atomic E-state index is 5.81. The molecule has 18 heavy (non-hydrogen) atoms. The summed E-state index contributed by atoms with van der Waals surface area (Å²) >= 11 is 3.39. The van der Waals surface area contributed by atoms with Crippen LogP contribution < -0.4 is 11.1 Å². The molecule has 2 aromatic rings. The molecule has 0 aliphatic heterocycles. The summed E-state index contributed by atoms with van der Waals surface area (Å²) in [6, 6.07) is 10.5. The minimum atomic E-state index is 0.342. The molecule has 1 aromatic heterocycles. The van der Waals surface area contributed by atoms with Crippen LogP contribution in [0.15, 0.2) is 41.0 Å². The minimum Gasteiger partial charge on any atom is -0.399 e. The fourth-order valence-electron chi connectivity index (χ4n) is 2.43. The highest BCUT2D eigenvalue weighted by molar-refractivity contribution is 9.10. The second-order valence-electron chi connectivity index (χ2n) is 4.56. The van der Waals surface area contributed by atoms with Gasteiger partial charge in [0.15, 0.2) is 0 Å². The zero-order chi connectivity index (χ0) is 12.5. The predicted molar refractivity (Wildman–Crippen MR) is 77.5 cm³/mol. The van der Waals surface area contributed by atoms with Gasteiger partial charge in [0.05, 0.1) is 6.04 Å². The third-order valence-electron chi connectivity index (χ3n) is 3.29. The molecule has 0 saturated heterocycles. The second-order valence-corrected chi connectivity index (χ2v) is 5.47. The first-order valence-corrected chi connectivity index (χ1v) is 6.78. The topological polar surface area (TPSA) is 50.9 Å². The number of anilines is 2. The Morgan fingerprint density at radius 2 is 2.17 bits per heavy atom. The van der Waals surface area contributed by atoms with Crippen LogP contribution in [0.3, 0.4) is 0 Å². The SMILES string of the molecule is Nc1ccc2c(c1)CCC2Nc1ccc(Br)cn1. The van der Waals surface area contributed by atoms with Crippen LogP contribution in [0.4, 0.5) is 11.5 Å². The number of benzene rings is 1. The molecule has 0 spiro atoms. The zero-order valence-corrected chi connectivity index (χ0v) is 11.4. The summed E-state index contributed by atoms with van der Waals surface area (Å²) in [4.78, 5) is 4.35. The van der Waals surface area contributed by atoms with E-state index < -0.39 is 0 Å². The van der Waals surface area contributed by atoms with E-state index in [1.807, 2.05) is 18.2 Å². The van der Waals surface area contributed by atoms with Crippen molar-refractivity contribution in [1.29, 1.82) is 0 Å². The van der Waals surface area contributed by atoms with Crippen LogP contribution in [0.2, 0.25) is 0 Å². The van der Waals surface area contributed by atoms with Gasteiger partial charge >= 0.3 is 0 Å². The Hall–Kier alpha value is -1.55.